The highest BCUT2D eigenvalue weighted by Gasteiger charge is 2.46. The summed E-state index contributed by atoms with van der Waals surface area (Å²) in [7, 11) is 1.54. The molecule has 1 atom stereocenters. The van der Waals surface area contributed by atoms with E-state index in [0.717, 1.165) is 6.20 Å². The highest BCUT2D eigenvalue weighted by atomic mass is 35.5. The number of nitrogens with two attached hydrogens (primary N) is 1. The Hall–Kier alpha value is -4.02. The molecule has 1 aliphatic heterocycles. The molecule has 0 radical (unpaired) electrons. The van der Waals surface area contributed by atoms with Crippen LogP contribution in [0.5, 0.6) is 17.2 Å². The van der Waals surface area contributed by atoms with Gasteiger partial charge >= 0.3 is 0 Å². The molecular weight excluding hydrogens is 545 g/mol. The van der Waals surface area contributed by atoms with Crippen LogP contribution < -0.4 is 25.8 Å². The third-order valence-electron chi connectivity index (χ3n) is 6.09. The largest absolute Gasteiger partial charge is 0.497 e. The van der Waals surface area contributed by atoms with Crippen molar-refractivity contribution in [2.45, 2.75) is 25.4 Å². The van der Waals surface area contributed by atoms with E-state index in [1.165, 1.54) is 24.2 Å². The molecule has 10 nitrogen and oxygen atoms in total. The second-order valence-corrected chi connectivity index (χ2v) is 9.46. The van der Waals surface area contributed by atoms with Crippen LogP contribution in [0.4, 0.5) is 0 Å². The van der Waals surface area contributed by atoms with Crippen LogP contribution in [-0.2, 0) is 20.9 Å². The lowest BCUT2D eigenvalue weighted by molar-refractivity contribution is -0.133. The molecule has 0 bridgehead atoms. The van der Waals surface area contributed by atoms with Gasteiger partial charge in [-0.15, -0.1) is 0 Å². The average molecular weight is 574 g/mol. The average Bonchev–Trinajstić information content (AvgIpc) is 3.35. The number of amides is 3. The minimum atomic E-state index is -1.38. The highest BCUT2D eigenvalue weighted by Crippen LogP contribution is 2.34. The Morgan fingerprint density at radius 3 is 2.49 bits per heavy atom. The second-order valence-electron chi connectivity index (χ2n) is 8.64. The van der Waals surface area contributed by atoms with E-state index in [1.807, 2.05) is 0 Å². The van der Waals surface area contributed by atoms with Crippen LogP contribution in [0.1, 0.15) is 18.9 Å². The maximum absolute atomic E-state index is 13.4. The first-order valence-electron chi connectivity index (χ1n) is 11.8. The molecule has 1 fully saturated rings. The van der Waals surface area contributed by atoms with E-state index in [2.05, 4.69) is 22.2 Å². The minimum absolute atomic E-state index is 0.000506. The predicted octanol–water partition coefficient (Wildman–Crippen LogP) is 3.57. The molecule has 4 N–H and O–H groups in total. The summed E-state index contributed by atoms with van der Waals surface area (Å²) < 4.78 is 11.0. The molecule has 0 spiro atoms. The molecular formula is C27H29Cl2N5O5. The van der Waals surface area contributed by atoms with Crippen molar-refractivity contribution in [2.24, 2.45) is 10.7 Å². The molecule has 39 heavy (non-hydrogen) atoms. The number of nitrogens with zero attached hydrogens (tertiary/aromatic N) is 2. The second kappa shape index (κ2) is 13.2. The van der Waals surface area contributed by atoms with Gasteiger partial charge in [0.25, 0.3) is 5.91 Å². The first kappa shape index (κ1) is 29.5. The smallest absolute Gasteiger partial charge is 0.255 e. The third kappa shape index (κ3) is 7.30. The number of carbonyl (C=O) groups is 3. The number of halogens is 2. The summed E-state index contributed by atoms with van der Waals surface area (Å²) in [6.45, 7) is 5.23. The molecule has 206 valence electrons. The molecule has 1 saturated heterocycles. The van der Waals surface area contributed by atoms with Crippen LogP contribution in [0.15, 0.2) is 65.9 Å². The fourth-order valence-corrected chi connectivity index (χ4v) is 4.37. The number of hydrogen-bond donors (Lipinski definition) is 3. The van der Waals surface area contributed by atoms with Crippen molar-refractivity contribution in [3.63, 3.8) is 0 Å². The first-order valence-corrected chi connectivity index (χ1v) is 12.6. The molecule has 1 unspecified atom stereocenters. The van der Waals surface area contributed by atoms with Crippen LogP contribution in [0.2, 0.25) is 10.0 Å². The van der Waals surface area contributed by atoms with Crippen molar-refractivity contribution in [1.29, 1.82) is 0 Å². The van der Waals surface area contributed by atoms with Gasteiger partial charge in [-0.2, -0.15) is 0 Å². The number of carbonyl (C=O) groups excluding carboxylic acids is 3. The van der Waals surface area contributed by atoms with E-state index >= 15 is 0 Å². The summed E-state index contributed by atoms with van der Waals surface area (Å²) >= 11 is 12.7. The number of nitrogens with one attached hydrogen (secondary N) is 2. The fraction of sp³-hybridized carbons (Fsp3) is 0.259. The summed E-state index contributed by atoms with van der Waals surface area (Å²) in [6.07, 6.45) is 3.77. The van der Waals surface area contributed by atoms with E-state index in [4.69, 9.17) is 38.4 Å². The zero-order valence-electron chi connectivity index (χ0n) is 21.5. The van der Waals surface area contributed by atoms with E-state index in [1.54, 1.807) is 43.5 Å². The maximum atomic E-state index is 13.4. The Bertz CT molecular complexity index is 1330. The molecule has 0 aliphatic carbocycles. The molecule has 3 rings (SSSR count). The Labute approximate surface area is 236 Å². The van der Waals surface area contributed by atoms with Crippen molar-refractivity contribution in [3.05, 3.63) is 76.6 Å². The standard InChI is InChI=1S/C27H29Cl2N5O5/c1-4-31-14-19(13-30)25(36)33-27(9-10-34(16-27)17(2)35)26(37)32-15-18-5-6-21(12-22(18)28)39-24-8-7-20(38-3)11-23(24)29/h4-8,11-14H,1,9-10,15-16,30H2,2-3H3,(H,32,37)(H,33,36)/b19-13+,31-14-. The van der Waals surface area contributed by atoms with Crippen LogP contribution in [-0.4, -0.2) is 54.6 Å². The molecule has 1 aliphatic rings. The van der Waals surface area contributed by atoms with Gasteiger partial charge < -0.3 is 30.7 Å². The predicted molar refractivity (Wildman–Crippen MR) is 150 cm³/mol. The first-order chi connectivity index (χ1) is 18.6. The number of aliphatic imine (C=N–C) groups is 1. The quantitative estimate of drug-likeness (QED) is 0.293. The SMILES string of the molecule is C=C/N=C\C(=C/N)C(=O)NC1(C(=O)NCc2ccc(Oc3ccc(OC)cc3Cl)cc2Cl)CCN(C(C)=O)C1. The summed E-state index contributed by atoms with van der Waals surface area (Å²) in [5.41, 5.74) is 4.84. The van der Waals surface area contributed by atoms with E-state index < -0.39 is 17.4 Å². The number of hydrogen-bond acceptors (Lipinski definition) is 7. The Balaban J connectivity index is 1.73. The summed E-state index contributed by atoms with van der Waals surface area (Å²) in [4.78, 5) is 43.6. The van der Waals surface area contributed by atoms with Gasteiger partial charge in [-0.25, -0.2) is 0 Å². The van der Waals surface area contributed by atoms with Crippen LogP contribution in [0.25, 0.3) is 0 Å². The van der Waals surface area contributed by atoms with E-state index in [-0.39, 0.29) is 31.0 Å². The zero-order chi connectivity index (χ0) is 28.6. The van der Waals surface area contributed by atoms with Gasteiger partial charge in [-0.1, -0.05) is 35.8 Å². The van der Waals surface area contributed by atoms with Crippen LogP contribution >= 0.6 is 23.2 Å². The van der Waals surface area contributed by atoms with E-state index in [0.29, 0.717) is 39.4 Å². The number of benzene rings is 2. The Kier molecular flexibility index (Phi) is 9.97. The normalized spacial score (nSPS) is 17.1. The Morgan fingerprint density at radius 1 is 1.18 bits per heavy atom. The van der Waals surface area contributed by atoms with Crippen LogP contribution in [0.3, 0.4) is 0 Å². The number of rotatable bonds is 10. The molecule has 12 heteroatoms. The van der Waals surface area contributed by atoms with Gasteiger partial charge in [0.1, 0.15) is 22.8 Å². The fourth-order valence-electron chi connectivity index (χ4n) is 3.92. The van der Waals surface area contributed by atoms with Gasteiger partial charge in [0.2, 0.25) is 11.8 Å². The lowest BCUT2D eigenvalue weighted by atomic mass is 9.96. The van der Waals surface area contributed by atoms with Gasteiger partial charge in [0.15, 0.2) is 0 Å². The molecule has 2 aromatic rings. The monoisotopic (exact) mass is 573 g/mol. The zero-order valence-corrected chi connectivity index (χ0v) is 23.0. The number of ether oxygens (including phenoxy) is 2. The third-order valence-corrected chi connectivity index (χ3v) is 6.74. The summed E-state index contributed by atoms with van der Waals surface area (Å²) in [5, 5.41) is 6.29. The van der Waals surface area contributed by atoms with Gasteiger partial charge in [-0.3, -0.25) is 19.4 Å². The molecule has 1 heterocycles. The molecule has 0 aromatic heterocycles. The molecule has 2 aromatic carbocycles. The van der Waals surface area contributed by atoms with Gasteiger partial charge in [0, 0.05) is 49.7 Å². The topological polar surface area (TPSA) is 135 Å². The van der Waals surface area contributed by atoms with Crippen molar-refractivity contribution in [1.82, 2.24) is 15.5 Å². The van der Waals surface area contributed by atoms with Crippen molar-refractivity contribution in [3.8, 4) is 17.2 Å². The maximum Gasteiger partial charge on any atom is 0.255 e. The number of likely N-dealkylation sites (tertiary alicyclic amines) is 1. The number of methoxy groups -OCH3 is 1. The highest BCUT2D eigenvalue weighted by molar-refractivity contribution is 6.32. The van der Waals surface area contributed by atoms with Crippen molar-refractivity contribution in [2.75, 3.05) is 20.2 Å². The lowest BCUT2D eigenvalue weighted by Crippen LogP contribution is -2.60. The van der Waals surface area contributed by atoms with Crippen LogP contribution in [0, 0.1) is 0 Å². The van der Waals surface area contributed by atoms with Gasteiger partial charge in [-0.05, 0) is 36.2 Å². The van der Waals surface area contributed by atoms with Crippen molar-refractivity contribution >= 4 is 47.1 Å². The Morgan fingerprint density at radius 2 is 1.90 bits per heavy atom. The molecule has 0 saturated carbocycles. The molecule has 3 amide bonds. The minimum Gasteiger partial charge on any atom is -0.497 e. The van der Waals surface area contributed by atoms with E-state index in [9.17, 15) is 14.4 Å². The van der Waals surface area contributed by atoms with Gasteiger partial charge in [0.05, 0.1) is 24.3 Å². The summed E-state index contributed by atoms with van der Waals surface area (Å²) in [5.74, 6) is 0.170. The lowest BCUT2D eigenvalue weighted by Gasteiger charge is -2.29. The summed E-state index contributed by atoms with van der Waals surface area (Å²) in [6, 6.07) is 10.0. The van der Waals surface area contributed by atoms with Crippen molar-refractivity contribution < 1.29 is 23.9 Å².